The molecule has 2 rings (SSSR count). The van der Waals surface area contributed by atoms with Gasteiger partial charge in [0.2, 0.25) is 0 Å². The summed E-state index contributed by atoms with van der Waals surface area (Å²) in [5.74, 6) is 0.777. The van der Waals surface area contributed by atoms with Gasteiger partial charge in [0.15, 0.2) is 5.79 Å². The van der Waals surface area contributed by atoms with Gasteiger partial charge in [0.05, 0.1) is 18.5 Å². The number of hydrogen-bond acceptors (Lipinski definition) is 4. The molecule has 0 aromatic carbocycles. The van der Waals surface area contributed by atoms with Crippen molar-refractivity contribution >= 4 is 11.8 Å². The third-order valence-corrected chi connectivity index (χ3v) is 4.16. The summed E-state index contributed by atoms with van der Waals surface area (Å²) in [5, 5.41) is 0.513. The minimum atomic E-state index is -0.236. The van der Waals surface area contributed by atoms with Gasteiger partial charge in [-0.15, -0.1) is 0 Å². The van der Waals surface area contributed by atoms with Crippen molar-refractivity contribution in [2.75, 3.05) is 25.5 Å². The van der Waals surface area contributed by atoms with E-state index < -0.39 is 0 Å². The van der Waals surface area contributed by atoms with Crippen molar-refractivity contribution in [2.45, 2.75) is 30.3 Å². The van der Waals surface area contributed by atoms with Crippen molar-refractivity contribution in [1.82, 2.24) is 0 Å². The lowest BCUT2D eigenvalue weighted by atomic mass is 10.2. The molecule has 0 amide bonds. The van der Waals surface area contributed by atoms with Gasteiger partial charge in [-0.3, -0.25) is 0 Å². The molecule has 0 aromatic heterocycles. The maximum absolute atomic E-state index is 5.73. The average molecular weight is 203 g/mol. The zero-order valence-corrected chi connectivity index (χ0v) is 8.65. The highest BCUT2D eigenvalue weighted by Gasteiger charge is 2.47. The van der Waals surface area contributed by atoms with Crippen LogP contribution in [0.15, 0.2) is 0 Å². The Morgan fingerprint density at radius 1 is 1.38 bits per heavy atom. The first-order valence-electron chi connectivity index (χ1n) is 4.97. The topological polar surface area (TPSA) is 44.5 Å². The first-order valence-corrected chi connectivity index (χ1v) is 6.02. The molecule has 1 saturated heterocycles. The number of nitrogens with two attached hydrogens (primary N) is 1. The predicted octanol–water partition coefficient (Wildman–Crippen LogP) is 0.974. The second-order valence-corrected chi connectivity index (χ2v) is 4.86. The summed E-state index contributed by atoms with van der Waals surface area (Å²) in [6.07, 6.45) is 3.50. The summed E-state index contributed by atoms with van der Waals surface area (Å²) >= 11 is 1.91. The maximum atomic E-state index is 5.73. The van der Waals surface area contributed by atoms with Gasteiger partial charge in [-0.2, -0.15) is 11.8 Å². The summed E-state index contributed by atoms with van der Waals surface area (Å²) < 4.78 is 11.5. The van der Waals surface area contributed by atoms with Gasteiger partial charge in [0.25, 0.3) is 0 Å². The Hall–Kier alpha value is 0.230. The van der Waals surface area contributed by atoms with E-state index in [1.807, 2.05) is 11.8 Å². The van der Waals surface area contributed by atoms with E-state index in [0.29, 0.717) is 5.25 Å². The van der Waals surface area contributed by atoms with Crippen LogP contribution < -0.4 is 5.73 Å². The summed E-state index contributed by atoms with van der Waals surface area (Å²) in [6.45, 7) is 2.27. The molecule has 0 aromatic rings. The van der Waals surface area contributed by atoms with Crippen LogP contribution in [0.1, 0.15) is 19.3 Å². The maximum Gasteiger partial charge on any atom is 0.180 e. The van der Waals surface area contributed by atoms with Crippen LogP contribution in [0.4, 0.5) is 0 Å². The average Bonchev–Trinajstić information content (AvgIpc) is 2.75. The second kappa shape index (κ2) is 4.17. The zero-order valence-electron chi connectivity index (χ0n) is 7.83. The van der Waals surface area contributed by atoms with Crippen molar-refractivity contribution in [3.63, 3.8) is 0 Å². The fourth-order valence-electron chi connectivity index (χ4n) is 2.14. The van der Waals surface area contributed by atoms with Crippen LogP contribution in [0, 0.1) is 0 Å². The molecule has 0 radical (unpaired) electrons. The zero-order chi connectivity index (χ0) is 9.15. The van der Waals surface area contributed by atoms with E-state index in [1.165, 1.54) is 12.8 Å². The van der Waals surface area contributed by atoms with Crippen molar-refractivity contribution in [3.8, 4) is 0 Å². The second-order valence-electron chi connectivity index (χ2n) is 3.55. The number of hydrogen-bond donors (Lipinski definition) is 1. The van der Waals surface area contributed by atoms with Gasteiger partial charge in [-0.1, -0.05) is 0 Å². The quantitative estimate of drug-likeness (QED) is 0.742. The van der Waals surface area contributed by atoms with Gasteiger partial charge in [0, 0.05) is 18.7 Å². The predicted molar refractivity (Wildman–Crippen MR) is 53.8 cm³/mol. The van der Waals surface area contributed by atoms with Crippen LogP contribution in [0.5, 0.6) is 0 Å². The van der Waals surface area contributed by atoms with Crippen molar-refractivity contribution in [1.29, 1.82) is 0 Å². The summed E-state index contributed by atoms with van der Waals surface area (Å²) in [5.41, 5.74) is 5.49. The van der Waals surface area contributed by atoms with E-state index in [0.717, 1.165) is 31.9 Å². The highest BCUT2D eigenvalue weighted by atomic mass is 32.2. The monoisotopic (exact) mass is 203 g/mol. The largest absolute Gasteiger partial charge is 0.346 e. The molecule has 4 heteroatoms. The van der Waals surface area contributed by atoms with Crippen LogP contribution in [-0.4, -0.2) is 36.5 Å². The molecule has 76 valence electrons. The molecule has 2 fully saturated rings. The Labute approximate surface area is 83.3 Å². The Morgan fingerprint density at radius 2 is 2.15 bits per heavy atom. The molecular weight excluding hydrogens is 186 g/mol. The minimum Gasteiger partial charge on any atom is -0.346 e. The summed E-state index contributed by atoms with van der Waals surface area (Å²) in [4.78, 5) is 0. The molecule has 1 atom stereocenters. The molecule has 1 spiro atoms. The normalized spacial score (nSPS) is 31.6. The van der Waals surface area contributed by atoms with Gasteiger partial charge >= 0.3 is 0 Å². The Morgan fingerprint density at radius 3 is 2.85 bits per heavy atom. The van der Waals surface area contributed by atoms with Gasteiger partial charge in [0.1, 0.15) is 0 Å². The third kappa shape index (κ3) is 1.86. The Kier molecular flexibility index (Phi) is 3.14. The lowest BCUT2D eigenvalue weighted by molar-refractivity contribution is -0.145. The number of thioether (sulfide) groups is 1. The molecule has 1 aliphatic carbocycles. The van der Waals surface area contributed by atoms with E-state index in [2.05, 4.69) is 0 Å². The Balaban J connectivity index is 1.93. The molecule has 1 heterocycles. The summed E-state index contributed by atoms with van der Waals surface area (Å²) in [6, 6.07) is 0. The highest BCUT2D eigenvalue weighted by Crippen LogP contribution is 2.43. The molecule has 13 heavy (non-hydrogen) atoms. The van der Waals surface area contributed by atoms with Crippen molar-refractivity contribution in [3.05, 3.63) is 0 Å². The van der Waals surface area contributed by atoms with E-state index in [1.54, 1.807) is 0 Å². The van der Waals surface area contributed by atoms with Crippen LogP contribution in [-0.2, 0) is 9.47 Å². The third-order valence-electron chi connectivity index (χ3n) is 2.70. The smallest absolute Gasteiger partial charge is 0.180 e. The standard InChI is InChI=1S/C9H17NO2S/c10-4-7-13-8-2-1-3-9(8)11-5-6-12-9/h8H,1-7,10H2. The molecule has 2 N–H and O–H groups in total. The van der Waals surface area contributed by atoms with E-state index in [-0.39, 0.29) is 5.79 Å². The van der Waals surface area contributed by atoms with E-state index >= 15 is 0 Å². The number of rotatable bonds is 3. The highest BCUT2D eigenvalue weighted by molar-refractivity contribution is 8.00. The molecule has 3 nitrogen and oxygen atoms in total. The van der Waals surface area contributed by atoms with Gasteiger partial charge in [-0.05, 0) is 12.8 Å². The summed E-state index contributed by atoms with van der Waals surface area (Å²) in [7, 11) is 0. The molecular formula is C9H17NO2S. The molecule has 1 aliphatic heterocycles. The lowest BCUT2D eigenvalue weighted by Gasteiger charge is -2.28. The molecule has 0 bridgehead atoms. The number of ether oxygens (including phenoxy) is 2. The lowest BCUT2D eigenvalue weighted by Crippen LogP contribution is -2.37. The molecule has 1 saturated carbocycles. The molecule has 1 unspecified atom stereocenters. The Bertz CT molecular complexity index is 165. The SMILES string of the molecule is NCCSC1CCCC12OCCO2. The van der Waals surface area contributed by atoms with Crippen LogP contribution >= 0.6 is 11.8 Å². The van der Waals surface area contributed by atoms with Gasteiger partial charge < -0.3 is 15.2 Å². The van der Waals surface area contributed by atoms with E-state index in [9.17, 15) is 0 Å². The van der Waals surface area contributed by atoms with Crippen molar-refractivity contribution in [2.24, 2.45) is 5.73 Å². The van der Waals surface area contributed by atoms with Crippen molar-refractivity contribution < 1.29 is 9.47 Å². The minimum absolute atomic E-state index is 0.236. The fourth-order valence-corrected chi connectivity index (χ4v) is 3.40. The van der Waals surface area contributed by atoms with Gasteiger partial charge in [-0.25, -0.2) is 0 Å². The van der Waals surface area contributed by atoms with Crippen LogP contribution in [0.2, 0.25) is 0 Å². The fraction of sp³-hybridized carbons (Fsp3) is 1.00. The first-order chi connectivity index (χ1) is 6.37. The van der Waals surface area contributed by atoms with Crippen LogP contribution in [0.3, 0.4) is 0 Å². The molecule has 2 aliphatic rings. The first kappa shape index (κ1) is 9.77. The van der Waals surface area contributed by atoms with E-state index in [4.69, 9.17) is 15.2 Å². The van der Waals surface area contributed by atoms with Crippen LogP contribution in [0.25, 0.3) is 0 Å².